The van der Waals surface area contributed by atoms with Crippen LogP contribution in [0.3, 0.4) is 0 Å². The quantitative estimate of drug-likeness (QED) is 0.687. The fourth-order valence-corrected chi connectivity index (χ4v) is 0.925. The molecule has 0 rings (SSSR count). The molecule has 0 saturated heterocycles. The van der Waals surface area contributed by atoms with Crippen LogP contribution in [0.1, 0.15) is 41.0 Å². The molecule has 0 radical (unpaired) electrons. The highest BCUT2D eigenvalue weighted by Gasteiger charge is 2.40. The third kappa shape index (κ3) is 3.56. The summed E-state index contributed by atoms with van der Waals surface area (Å²) in [5.41, 5.74) is 4.78. The lowest BCUT2D eigenvalue weighted by Gasteiger charge is -2.37. The molecule has 0 spiro atoms. The van der Waals surface area contributed by atoms with Crippen LogP contribution in [0.25, 0.3) is 0 Å². The molecule has 0 bridgehead atoms. The van der Waals surface area contributed by atoms with Crippen LogP contribution < -0.4 is 11.1 Å². The SMILES string of the molecule is C#CCC(C)NC(=O)C(C)(C)C(C)(C)N. The van der Waals surface area contributed by atoms with Crippen LogP contribution in [-0.4, -0.2) is 17.5 Å². The third-order valence-corrected chi connectivity index (χ3v) is 2.98. The second kappa shape index (κ2) is 4.67. The summed E-state index contributed by atoms with van der Waals surface area (Å²) in [5, 5.41) is 2.87. The van der Waals surface area contributed by atoms with E-state index in [0.29, 0.717) is 6.42 Å². The molecule has 3 N–H and O–H groups in total. The van der Waals surface area contributed by atoms with Crippen LogP contribution in [0.2, 0.25) is 0 Å². The van der Waals surface area contributed by atoms with Crippen molar-refractivity contribution in [2.24, 2.45) is 11.1 Å². The van der Waals surface area contributed by atoms with E-state index in [-0.39, 0.29) is 11.9 Å². The summed E-state index contributed by atoms with van der Waals surface area (Å²) < 4.78 is 0. The Hall–Kier alpha value is -1.01. The number of hydrogen-bond acceptors (Lipinski definition) is 2. The first-order valence-electron chi connectivity index (χ1n) is 5.16. The molecular formula is C12H22N2O. The molecule has 0 saturated carbocycles. The molecule has 1 atom stereocenters. The van der Waals surface area contributed by atoms with Crippen molar-refractivity contribution in [2.45, 2.75) is 52.6 Å². The van der Waals surface area contributed by atoms with Crippen molar-refractivity contribution in [3.63, 3.8) is 0 Å². The minimum absolute atomic E-state index is 0.0101. The first-order chi connectivity index (χ1) is 6.63. The number of hydrogen-bond donors (Lipinski definition) is 2. The van der Waals surface area contributed by atoms with Crippen LogP contribution in [0.5, 0.6) is 0 Å². The van der Waals surface area contributed by atoms with E-state index in [1.54, 1.807) is 0 Å². The first kappa shape index (κ1) is 14.0. The highest BCUT2D eigenvalue weighted by atomic mass is 16.2. The van der Waals surface area contributed by atoms with E-state index in [9.17, 15) is 4.79 Å². The van der Waals surface area contributed by atoms with Gasteiger partial charge in [0.25, 0.3) is 0 Å². The van der Waals surface area contributed by atoms with E-state index < -0.39 is 11.0 Å². The molecule has 1 amide bonds. The van der Waals surface area contributed by atoms with E-state index in [0.717, 1.165) is 0 Å². The summed E-state index contributed by atoms with van der Waals surface area (Å²) in [6, 6.07) is -0.0101. The second-order valence-electron chi connectivity index (χ2n) is 5.13. The highest BCUT2D eigenvalue weighted by molar-refractivity contribution is 5.83. The zero-order valence-electron chi connectivity index (χ0n) is 10.3. The molecular weight excluding hydrogens is 188 g/mol. The van der Waals surface area contributed by atoms with E-state index >= 15 is 0 Å². The van der Waals surface area contributed by atoms with Crippen LogP contribution >= 0.6 is 0 Å². The van der Waals surface area contributed by atoms with Gasteiger partial charge in [0, 0.05) is 18.0 Å². The Kier molecular flexibility index (Phi) is 4.36. The van der Waals surface area contributed by atoms with Crippen molar-refractivity contribution in [1.29, 1.82) is 0 Å². The van der Waals surface area contributed by atoms with E-state index in [4.69, 9.17) is 12.2 Å². The van der Waals surface area contributed by atoms with Gasteiger partial charge in [0.15, 0.2) is 0 Å². The average molecular weight is 210 g/mol. The van der Waals surface area contributed by atoms with Crippen LogP contribution in [-0.2, 0) is 4.79 Å². The zero-order valence-corrected chi connectivity index (χ0v) is 10.3. The van der Waals surface area contributed by atoms with Gasteiger partial charge in [-0.15, -0.1) is 12.3 Å². The summed E-state index contributed by atoms with van der Waals surface area (Å²) in [4.78, 5) is 11.9. The number of nitrogens with one attached hydrogen (secondary N) is 1. The number of nitrogens with two attached hydrogens (primary N) is 1. The molecule has 0 fully saturated rings. The number of terminal acetylenes is 1. The molecule has 0 aliphatic carbocycles. The summed E-state index contributed by atoms with van der Waals surface area (Å²) in [6.45, 7) is 9.25. The fraction of sp³-hybridized carbons (Fsp3) is 0.750. The average Bonchev–Trinajstić information content (AvgIpc) is 2.02. The van der Waals surface area contributed by atoms with Gasteiger partial charge in [-0.3, -0.25) is 4.79 Å². The molecule has 0 aromatic heterocycles. The monoisotopic (exact) mass is 210 g/mol. The Morgan fingerprint density at radius 2 is 1.93 bits per heavy atom. The van der Waals surface area contributed by atoms with E-state index in [1.807, 2.05) is 34.6 Å². The van der Waals surface area contributed by atoms with Crippen molar-refractivity contribution in [3.8, 4) is 12.3 Å². The third-order valence-electron chi connectivity index (χ3n) is 2.98. The predicted octanol–water partition coefficient (Wildman–Crippen LogP) is 1.28. The summed E-state index contributed by atoms with van der Waals surface area (Å²) in [6.07, 6.45) is 5.71. The van der Waals surface area contributed by atoms with Crippen LogP contribution in [0.15, 0.2) is 0 Å². The van der Waals surface area contributed by atoms with Gasteiger partial charge < -0.3 is 11.1 Å². The first-order valence-corrected chi connectivity index (χ1v) is 5.16. The molecule has 0 aliphatic rings. The maximum atomic E-state index is 11.9. The summed E-state index contributed by atoms with van der Waals surface area (Å²) in [7, 11) is 0. The largest absolute Gasteiger partial charge is 0.352 e. The van der Waals surface area contributed by atoms with Gasteiger partial charge in [-0.25, -0.2) is 0 Å². The molecule has 3 nitrogen and oxygen atoms in total. The molecule has 0 aliphatic heterocycles. The topological polar surface area (TPSA) is 55.1 Å². The maximum Gasteiger partial charge on any atom is 0.227 e. The Labute approximate surface area is 92.8 Å². The lowest BCUT2D eigenvalue weighted by Crippen LogP contribution is -2.56. The number of rotatable bonds is 4. The molecule has 0 heterocycles. The molecule has 1 unspecified atom stereocenters. The maximum absolute atomic E-state index is 11.9. The minimum Gasteiger partial charge on any atom is -0.352 e. The van der Waals surface area contributed by atoms with Crippen molar-refractivity contribution in [1.82, 2.24) is 5.32 Å². The van der Waals surface area contributed by atoms with Crippen molar-refractivity contribution < 1.29 is 4.79 Å². The summed E-state index contributed by atoms with van der Waals surface area (Å²) >= 11 is 0. The Morgan fingerprint density at radius 1 is 1.47 bits per heavy atom. The smallest absolute Gasteiger partial charge is 0.227 e. The van der Waals surface area contributed by atoms with Gasteiger partial charge in [0.05, 0.1) is 5.41 Å². The molecule has 86 valence electrons. The molecule has 0 aromatic rings. The normalized spacial score (nSPS) is 14.2. The summed E-state index contributed by atoms with van der Waals surface area (Å²) in [5.74, 6) is 2.46. The van der Waals surface area contributed by atoms with Crippen molar-refractivity contribution >= 4 is 5.91 Å². The minimum atomic E-state index is -0.615. The van der Waals surface area contributed by atoms with Gasteiger partial charge in [-0.1, -0.05) is 0 Å². The Balaban J connectivity index is 4.53. The highest BCUT2D eigenvalue weighted by Crippen LogP contribution is 2.28. The fourth-order valence-electron chi connectivity index (χ4n) is 0.925. The van der Waals surface area contributed by atoms with Crippen LogP contribution in [0.4, 0.5) is 0 Å². The standard InChI is InChI=1S/C12H22N2O/c1-7-8-9(2)14-10(15)11(3,4)12(5,6)13/h1,9H,8,13H2,2-6H3,(H,14,15). The second-order valence-corrected chi connectivity index (χ2v) is 5.13. The van der Waals surface area contributed by atoms with Gasteiger partial charge >= 0.3 is 0 Å². The zero-order chi connectivity index (χ0) is 12.3. The van der Waals surface area contributed by atoms with Gasteiger partial charge in [0.1, 0.15) is 0 Å². The Morgan fingerprint density at radius 3 is 2.27 bits per heavy atom. The Bertz CT molecular complexity index is 268. The van der Waals surface area contributed by atoms with Crippen LogP contribution in [0, 0.1) is 17.8 Å². The molecule has 0 aromatic carbocycles. The van der Waals surface area contributed by atoms with E-state index in [2.05, 4.69) is 11.2 Å². The van der Waals surface area contributed by atoms with E-state index in [1.165, 1.54) is 0 Å². The van der Waals surface area contributed by atoms with Gasteiger partial charge in [-0.2, -0.15) is 0 Å². The number of amides is 1. The molecule has 15 heavy (non-hydrogen) atoms. The van der Waals surface area contributed by atoms with Gasteiger partial charge in [0.2, 0.25) is 5.91 Å². The molecule has 3 heteroatoms. The number of carbonyl (C=O) groups is 1. The number of carbonyl (C=O) groups excluding carboxylic acids is 1. The van der Waals surface area contributed by atoms with Gasteiger partial charge in [-0.05, 0) is 34.6 Å². The van der Waals surface area contributed by atoms with Crippen molar-refractivity contribution in [2.75, 3.05) is 0 Å². The lowest BCUT2D eigenvalue weighted by molar-refractivity contribution is -0.132. The van der Waals surface area contributed by atoms with Crippen molar-refractivity contribution in [3.05, 3.63) is 0 Å². The lowest BCUT2D eigenvalue weighted by atomic mass is 9.74. The predicted molar refractivity (Wildman–Crippen MR) is 63.1 cm³/mol.